The van der Waals surface area contributed by atoms with Crippen LogP contribution in [0.1, 0.15) is 40.6 Å². The number of hydrogen-bond donors (Lipinski definition) is 1. The van der Waals surface area contributed by atoms with Gasteiger partial charge in [0.1, 0.15) is 12.0 Å². The molecular formula is C20H19N3O5. The standard InChI is InChI=1S/C20H19N3O5/c1-12-3-5-15(21-8-12)13(2)22-20(24)16-9-26-19(23-16)10-25-14-4-6-17-18(7-14)28-11-27-17/h3-9,13H,10-11H2,1-2H3,(H,22,24)/t13-/m0/s1. The second kappa shape index (κ2) is 7.59. The maximum Gasteiger partial charge on any atom is 0.273 e. The largest absolute Gasteiger partial charge is 0.484 e. The van der Waals surface area contributed by atoms with Gasteiger partial charge in [-0.15, -0.1) is 0 Å². The lowest BCUT2D eigenvalue weighted by Crippen LogP contribution is -2.27. The highest BCUT2D eigenvalue weighted by Gasteiger charge is 2.17. The molecule has 144 valence electrons. The third-order valence-corrected chi connectivity index (χ3v) is 4.22. The van der Waals surface area contributed by atoms with Crippen LogP contribution in [0.2, 0.25) is 0 Å². The first-order chi connectivity index (χ1) is 13.6. The van der Waals surface area contributed by atoms with Crippen LogP contribution in [-0.4, -0.2) is 22.7 Å². The normalized spacial score (nSPS) is 13.2. The number of ether oxygens (including phenoxy) is 3. The fourth-order valence-electron chi connectivity index (χ4n) is 2.67. The van der Waals surface area contributed by atoms with Gasteiger partial charge in [0.05, 0.1) is 11.7 Å². The van der Waals surface area contributed by atoms with Gasteiger partial charge in [0, 0.05) is 12.3 Å². The van der Waals surface area contributed by atoms with Gasteiger partial charge in [0.25, 0.3) is 5.91 Å². The summed E-state index contributed by atoms with van der Waals surface area (Å²) in [6.45, 7) is 4.11. The number of carbonyl (C=O) groups is 1. The van der Waals surface area contributed by atoms with Crippen LogP contribution in [0.3, 0.4) is 0 Å². The van der Waals surface area contributed by atoms with Crippen molar-refractivity contribution >= 4 is 5.91 Å². The van der Waals surface area contributed by atoms with Crippen LogP contribution in [0.25, 0.3) is 0 Å². The Kier molecular flexibility index (Phi) is 4.84. The first kappa shape index (κ1) is 17.8. The Balaban J connectivity index is 1.34. The van der Waals surface area contributed by atoms with Crippen molar-refractivity contribution in [2.24, 2.45) is 0 Å². The van der Waals surface area contributed by atoms with Crippen LogP contribution in [0, 0.1) is 6.92 Å². The zero-order chi connectivity index (χ0) is 19.5. The number of carbonyl (C=O) groups excluding carboxylic acids is 1. The molecule has 0 aliphatic carbocycles. The molecule has 0 fully saturated rings. The van der Waals surface area contributed by atoms with E-state index in [4.69, 9.17) is 18.6 Å². The van der Waals surface area contributed by atoms with E-state index < -0.39 is 0 Å². The van der Waals surface area contributed by atoms with E-state index in [0.29, 0.717) is 23.1 Å². The number of aromatic nitrogens is 2. The molecule has 0 spiro atoms. The van der Waals surface area contributed by atoms with Gasteiger partial charge in [-0.1, -0.05) is 6.07 Å². The molecule has 0 radical (unpaired) electrons. The average molecular weight is 381 g/mol. The quantitative estimate of drug-likeness (QED) is 0.700. The minimum absolute atomic E-state index is 0.0853. The van der Waals surface area contributed by atoms with Crippen molar-refractivity contribution in [2.45, 2.75) is 26.5 Å². The number of aryl methyl sites for hydroxylation is 1. The van der Waals surface area contributed by atoms with Gasteiger partial charge in [-0.3, -0.25) is 9.78 Å². The highest BCUT2D eigenvalue weighted by molar-refractivity contribution is 5.92. The molecule has 0 saturated carbocycles. The van der Waals surface area contributed by atoms with Gasteiger partial charge < -0.3 is 23.9 Å². The highest BCUT2D eigenvalue weighted by atomic mass is 16.7. The van der Waals surface area contributed by atoms with Gasteiger partial charge in [0.15, 0.2) is 23.8 Å². The Bertz CT molecular complexity index is 984. The SMILES string of the molecule is Cc1ccc([C@H](C)NC(=O)c2coc(COc3ccc4c(c3)OCO4)n2)nc1. The number of amides is 1. The number of nitrogens with zero attached hydrogens (tertiary/aromatic N) is 2. The number of benzene rings is 1. The highest BCUT2D eigenvalue weighted by Crippen LogP contribution is 2.35. The zero-order valence-electron chi connectivity index (χ0n) is 15.5. The molecule has 8 nitrogen and oxygen atoms in total. The van der Waals surface area contributed by atoms with Gasteiger partial charge in [0.2, 0.25) is 12.7 Å². The average Bonchev–Trinajstić information content (AvgIpc) is 3.35. The Hall–Kier alpha value is -3.55. The minimum Gasteiger partial charge on any atom is -0.484 e. The number of rotatable bonds is 6. The third kappa shape index (κ3) is 3.90. The van der Waals surface area contributed by atoms with Crippen molar-refractivity contribution in [1.82, 2.24) is 15.3 Å². The van der Waals surface area contributed by atoms with E-state index in [1.165, 1.54) is 6.26 Å². The van der Waals surface area contributed by atoms with Gasteiger partial charge >= 0.3 is 0 Å². The van der Waals surface area contributed by atoms with E-state index in [2.05, 4.69) is 15.3 Å². The lowest BCUT2D eigenvalue weighted by molar-refractivity contribution is 0.0934. The maximum atomic E-state index is 12.4. The summed E-state index contributed by atoms with van der Waals surface area (Å²) in [5, 5.41) is 2.85. The van der Waals surface area contributed by atoms with E-state index in [1.54, 1.807) is 24.4 Å². The molecule has 0 saturated heterocycles. The summed E-state index contributed by atoms with van der Waals surface area (Å²) < 4.78 is 21.5. The van der Waals surface area contributed by atoms with Crippen molar-refractivity contribution in [3.63, 3.8) is 0 Å². The van der Waals surface area contributed by atoms with Crippen molar-refractivity contribution < 1.29 is 23.4 Å². The molecule has 1 amide bonds. The number of fused-ring (bicyclic) bond motifs is 1. The number of hydrogen-bond acceptors (Lipinski definition) is 7. The van der Waals surface area contributed by atoms with Gasteiger partial charge in [-0.25, -0.2) is 4.98 Å². The third-order valence-electron chi connectivity index (χ3n) is 4.22. The zero-order valence-corrected chi connectivity index (χ0v) is 15.5. The molecule has 1 N–H and O–H groups in total. The van der Waals surface area contributed by atoms with Crippen LogP contribution in [0.5, 0.6) is 17.2 Å². The smallest absolute Gasteiger partial charge is 0.273 e. The summed E-state index contributed by atoms with van der Waals surface area (Å²) in [6, 6.07) is 8.85. The summed E-state index contributed by atoms with van der Waals surface area (Å²) in [6.07, 6.45) is 3.07. The monoisotopic (exact) mass is 381 g/mol. The van der Waals surface area contributed by atoms with E-state index in [0.717, 1.165) is 11.3 Å². The second-order valence-corrected chi connectivity index (χ2v) is 6.39. The lowest BCUT2D eigenvalue weighted by atomic mass is 10.2. The molecular weight excluding hydrogens is 362 g/mol. The van der Waals surface area contributed by atoms with Gasteiger partial charge in [-0.05, 0) is 37.6 Å². The van der Waals surface area contributed by atoms with Crippen molar-refractivity contribution in [3.8, 4) is 17.2 Å². The Labute approximate surface area is 161 Å². The first-order valence-electron chi connectivity index (χ1n) is 8.79. The fourth-order valence-corrected chi connectivity index (χ4v) is 2.67. The molecule has 0 bridgehead atoms. The van der Waals surface area contributed by atoms with Crippen LogP contribution in [-0.2, 0) is 6.61 Å². The molecule has 3 heterocycles. The molecule has 0 unspecified atom stereocenters. The van der Waals surface area contributed by atoms with Crippen LogP contribution < -0.4 is 19.5 Å². The number of pyridine rings is 1. The number of oxazole rings is 1. The van der Waals surface area contributed by atoms with Crippen molar-refractivity contribution in [3.05, 3.63) is 65.6 Å². The van der Waals surface area contributed by atoms with Crippen molar-refractivity contribution in [1.29, 1.82) is 0 Å². The van der Waals surface area contributed by atoms with Crippen LogP contribution in [0.4, 0.5) is 0 Å². The topological polar surface area (TPSA) is 95.7 Å². The van der Waals surface area contributed by atoms with E-state index in [-0.39, 0.29) is 31.0 Å². The molecule has 28 heavy (non-hydrogen) atoms. The molecule has 1 aliphatic rings. The predicted molar refractivity (Wildman–Crippen MR) is 98.3 cm³/mol. The Morgan fingerprint density at radius 3 is 2.93 bits per heavy atom. The fraction of sp³-hybridized carbons (Fsp3) is 0.250. The van der Waals surface area contributed by atoms with Gasteiger partial charge in [-0.2, -0.15) is 0 Å². The number of nitrogens with one attached hydrogen (secondary N) is 1. The van der Waals surface area contributed by atoms with E-state index >= 15 is 0 Å². The molecule has 3 aromatic rings. The minimum atomic E-state index is -0.340. The second-order valence-electron chi connectivity index (χ2n) is 6.39. The molecule has 8 heteroatoms. The molecule has 1 atom stereocenters. The van der Waals surface area contributed by atoms with Crippen molar-refractivity contribution in [2.75, 3.05) is 6.79 Å². The first-order valence-corrected chi connectivity index (χ1v) is 8.79. The lowest BCUT2D eigenvalue weighted by Gasteiger charge is -2.12. The molecule has 1 aromatic carbocycles. The summed E-state index contributed by atoms with van der Waals surface area (Å²) >= 11 is 0. The molecule has 4 rings (SSSR count). The molecule has 2 aromatic heterocycles. The Morgan fingerprint density at radius 2 is 2.11 bits per heavy atom. The summed E-state index contributed by atoms with van der Waals surface area (Å²) in [7, 11) is 0. The van der Waals surface area contributed by atoms with Crippen LogP contribution >= 0.6 is 0 Å². The van der Waals surface area contributed by atoms with E-state index in [1.807, 2.05) is 26.0 Å². The van der Waals surface area contributed by atoms with Crippen LogP contribution in [0.15, 0.2) is 47.2 Å². The summed E-state index contributed by atoms with van der Waals surface area (Å²) in [5.41, 5.74) is 2.02. The summed E-state index contributed by atoms with van der Waals surface area (Å²) in [4.78, 5) is 20.9. The Morgan fingerprint density at radius 1 is 1.25 bits per heavy atom. The summed E-state index contributed by atoms with van der Waals surface area (Å²) in [5.74, 6) is 1.85. The predicted octanol–water partition coefficient (Wildman–Crippen LogP) is 3.18. The van der Waals surface area contributed by atoms with E-state index in [9.17, 15) is 4.79 Å². The molecule has 1 aliphatic heterocycles. The maximum absolute atomic E-state index is 12.4.